The van der Waals surface area contributed by atoms with Crippen molar-refractivity contribution in [1.82, 2.24) is 19.5 Å². The Labute approximate surface area is 137 Å². The predicted molar refractivity (Wildman–Crippen MR) is 89.9 cm³/mol. The Bertz CT molecular complexity index is 745. The number of nitrogens with zero attached hydrogens (tertiary/aromatic N) is 4. The van der Waals surface area contributed by atoms with E-state index < -0.39 is 6.29 Å². The van der Waals surface area contributed by atoms with Gasteiger partial charge in [-0.05, 0) is 6.26 Å². The second-order valence-electron chi connectivity index (χ2n) is 4.52. The Morgan fingerprint density at radius 2 is 2.17 bits per heavy atom. The molecule has 0 bridgehead atoms. The summed E-state index contributed by atoms with van der Waals surface area (Å²) in [4.78, 5) is 25.5. The maximum Gasteiger partial charge on any atom is 0.266 e. The largest absolute Gasteiger partial charge is 0.354 e. The van der Waals surface area contributed by atoms with Gasteiger partial charge in [-0.2, -0.15) is 4.98 Å². The van der Waals surface area contributed by atoms with Gasteiger partial charge in [-0.3, -0.25) is 9.36 Å². The minimum absolute atomic E-state index is 0.226. The molecule has 0 saturated carbocycles. The zero-order valence-electron chi connectivity index (χ0n) is 13.3. The van der Waals surface area contributed by atoms with Crippen molar-refractivity contribution < 1.29 is 9.47 Å². The first-order valence-electron chi connectivity index (χ1n) is 6.86. The van der Waals surface area contributed by atoms with E-state index in [-0.39, 0.29) is 5.56 Å². The third-order valence-corrected chi connectivity index (χ3v) is 3.70. The summed E-state index contributed by atoms with van der Waals surface area (Å²) in [5, 5.41) is 3.98. The highest BCUT2D eigenvalue weighted by molar-refractivity contribution is 7.98. The number of nitrogens with one attached hydrogen (secondary N) is 1. The van der Waals surface area contributed by atoms with Crippen LogP contribution < -0.4 is 10.9 Å². The number of allylic oxidation sites excluding steroid dienone is 1. The Morgan fingerprint density at radius 3 is 2.78 bits per heavy atom. The molecule has 2 aromatic heterocycles. The third-order valence-electron chi connectivity index (χ3n) is 3.14. The molecule has 0 fully saturated rings. The van der Waals surface area contributed by atoms with Crippen LogP contribution in [0.25, 0.3) is 11.0 Å². The molecule has 0 spiro atoms. The van der Waals surface area contributed by atoms with Crippen LogP contribution in [0.3, 0.4) is 0 Å². The van der Waals surface area contributed by atoms with E-state index in [4.69, 9.17) is 9.47 Å². The lowest BCUT2D eigenvalue weighted by molar-refractivity contribution is -0.0915. The number of ether oxygens (including phenoxy) is 2. The zero-order chi connectivity index (χ0) is 16.8. The Morgan fingerprint density at radius 1 is 1.43 bits per heavy atom. The summed E-state index contributed by atoms with van der Waals surface area (Å²) in [6.45, 7) is 4.33. The van der Waals surface area contributed by atoms with Crippen LogP contribution >= 0.6 is 11.8 Å². The van der Waals surface area contributed by atoms with Crippen LogP contribution in [0.2, 0.25) is 0 Å². The normalized spacial score (nSPS) is 11.1. The van der Waals surface area contributed by atoms with Gasteiger partial charge in [0.1, 0.15) is 5.39 Å². The number of methoxy groups -OCH3 is 2. The van der Waals surface area contributed by atoms with Gasteiger partial charge >= 0.3 is 0 Å². The van der Waals surface area contributed by atoms with Crippen molar-refractivity contribution in [2.45, 2.75) is 18.0 Å². The second kappa shape index (κ2) is 8.04. The molecule has 1 N–H and O–H groups in total. The smallest absolute Gasteiger partial charge is 0.266 e. The molecule has 0 radical (unpaired) electrons. The fraction of sp³-hybridized carbons (Fsp3) is 0.429. The van der Waals surface area contributed by atoms with Gasteiger partial charge in [0.25, 0.3) is 5.56 Å². The number of rotatable bonds is 8. The second-order valence-corrected chi connectivity index (χ2v) is 5.29. The lowest BCUT2D eigenvalue weighted by atomic mass is 10.4. The maximum absolute atomic E-state index is 12.6. The van der Waals surface area contributed by atoms with E-state index in [9.17, 15) is 4.79 Å². The molecule has 2 heterocycles. The van der Waals surface area contributed by atoms with E-state index in [0.717, 1.165) is 0 Å². The van der Waals surface area contributed by atoms with Crippen LogP contribution in [-0.4, -0.2) is 52.8 Å². The number of anilines is 1. The summed E-state index contributed by atoms with van der Waals surface area (Å²) in [5.41, 5.74) is 0.125. The van der Waals surface area contributed by atoms with Gasteiger partial charge in [-0.1, -0.05) is 17.8 Å². The molecule has 2 aromatic rings. The predicted octanol–water partition coefficient (Wildman–Crippen LogP) is 1.13. The minimum Gasteiger partial charge on any atom is -0.354 e. The first-order chi connectivity index (χ1) is 11.1. The Balaban J connectivity index is 2.49. The molecule has 9 heteroatoms. The molecule has 124 valence electrons. The van der Waals surface area contributed by atoms with E-state index >= 15 is 0 Å². The molecule has 0 aliphatic heterocycles. The SMILES string of the molecule is C=CCn1c(NCC(OC)OC)nc2nc(SC)ncc2c1=O. The summed E-state index contributed by atoms with van der Waals surface area (Å²) in [6.07, 6.45) is 4.54. The maximum atomic E-state index is 12.6. The van der Waals surface area contributed by atoms with Gasteiger partial charge in [-0.15, -0.1) is 6.58 Å². The van der Waals surface area contributed by atoms with E-state index in [1.54, 1.807) is 20.3 Å². The summed E-state index contributed by atoms with van der Waals surface area (Å²) in [5.74, 6) is 0.382. The van der Waals surface area contributed by atoms with Crippen LogP contribution in [0, 0.1) is 0 Å². The van der Waals surface area contributed by atoms with Crippen molar-refractivity contribution in [2.75, 3.05) is 32.3 Å². The highest BCUT2D eigenvalue weighted by Gasteiger charge is 2.14. The van der Waals surface area contributed by atoms with Gasteiger partial charge in [0.15, 0.2) is 17.1 Å². The molecule has 0 aliphatic rings. The Hall–Kier alpha value is -1.97. The van der Waals surface area contributed by atoms with Gasteiger partial charge in [-0.25, -0.2) is 9.97 Å². The van der Waals surface area contributed by atoms with Crippen molar-refractivity contribution >= 4 is 28.7 Å². The van der Waals surface area contributed by atoms with Crippen molar-refractivity contribution in [3.05, 3.63) is 29.2 Å². The quantitative estimate of drug-likeness (QED) is 0.332. The van der Waals surface area contributed by atoms with Crippen molar-refractivity contribution in [1.29, 1.82) is 0 Å². The van der Waals surface area contributed by atoms with E-state index in [1.807, 2.05) is 6.26 Å². The minimum atomic E-state index is -0.452. The third kappa shape index (κ3) is 3.87. The Kier molecular flexibility index (Phi) is 6.08. The standard InChI is InChI=1S/C14H19N5O3S/c1-5-6-19-12(20)9-7-16-14(23-4)18-11(9)17-13(19)15-8-10(21-2)22-3/h5,7,10H,1,6,8H2,2-4H3,(H,15,16,17,18). The number of hydrogen-bond donors (Lipinski definition) is 1. The number of aromatic nitrogens is 4. The number of thioether (sulfide) groups is 1. The van der Waals surface area contributed by atoms with Gasteiger partial charge in [0.05, 0.1) is 6.54 Å². The summed E-state index contributed by atoms with van der Waals surface area (Å²) >= 11 is 1.39. The van der Waals surface area contributed by atoms with Crippen molar-refractivity contribution in [3.8, 4) is 0 Å². The van der Waals surface area contributed by atoms with Crippen LogP contribution in [0.4, 0.5) is 5.95 Å². The highest BCUT2D eigenvalue weighted by Crippen LogP contribution is 2.13. The van der Waals surface area contributed by atoms with Gasteiger partial charge in [0, 0.05) is 27.0 Å². The molecule has 0 amide bonds. The highest BCUT2D eigenvalue weighted by atomic mass is 32.2. The molecule has 0 aromatic carbocycles. The molecule has 23 heavy (non-hydrogen) atoms. The molecule has 2 rings (SSSR count). The average Bonchev–Trinajstić information content (AvgIpc) is 2.58. The topological polar surface area (TPSA) is 91.2 Å². The lowest BCUT2D eigenvalue weighted by Gasteiger charge is -2.17. The van der Waals surface area contributed by atoms with Crippen molar-refractivity contribution in [2.24, 2.45) is 0 Å². The number of fused-ring (bicyclic) bond motifs is 1. The molecular weight excluding hydrogens is 318 g/mol. The molecule has 0 saturated heterocycles. The van der Waals surface area contributed by atoms with Crippen LogP contribution in [0.1, 0.15) is 0 Å². The molecule has 0 atom stereocenters. The summed E-state index contributed by atoms with van der Waals surface area (Å²) < 4.78 is 11.7. The number of hydrogen-bond acceptors (Lipinski definition) is 8. The first-order valence-corrected chi connectivity index (χ1v) is 8.09. The monoisotopic (exact) mass is 337 g/mol. The van der Waals surface area contributed by atoms with Crippen molar-refractivity contribution in [3.63, 3.8) is 0 Å². The molecule has 0 unspecified atom stereocenters. The zero-order valence-corrected chi connectivity index (χ0v) is 14.1. The summed E-state index contributed by atoms with van der Waals surface area (Å²) in [6, 6.07) is 0. The molecular formula is C14H19N5O3S. The van der Waals surface area contributed by atoms with E-state index in [2.05, 4.69) is 26.8 Å². The fourth-order valence-corrected chi connectivity index (χ4v) is 2.30. The summed E-state index contributed by atoms with van der Waals surface area (Å²) in [7, 11) is 3.08. The van der Waals surface area contributed by atoms with E-state index in [0.29, 0.717) is 35.2 Å². The molecule has 8 nitrogen and oxygen atoms in total. The van der Waals surface area contributed by atoms with E-state index in [1.165, 1.54) is 22.5 Å². The average molecular weight is 337 g/mol. The van der Waals surface area contributed by atoms with Crippen LogP contribution in [-0.2, 0) is 16.0 Å². The molecule has 0 aliphatic carbocycles. The van der Waals surface area contributed by atoms with Crippen LogP contribution in [0.15, 0.2) is 28.8 Å². The van der Waals surface area contributed by atoms with Gasteiger partial charge < -0.3 is 14.8 Å². The van der Waals surface area contributed by atoms with Crippen LogP contribution in [0.5, 0.6) is 0 Å². The van der Waals surface area contributed by atoms with Gasteiger partial charge in [0.2, 0.25) is 5.95 Å². The lowest BCUT2D eigenvalue weighted by Crippen LogP contribution is -2.30. The first kappa shape index (κ1) is 17.4. The fourth-order valence-electron chi connectivity index (χ4n) is 1.96.